The zero-order chi connectivity index (χ0) is 7.40. The maximum atomic E-state index is 10.4. The minimum absolute atomic E-state index is 0.398. The maximum Gasteiger partial charge on any atom is 0.509 e. The molecule has 2 nitrogen and oxygen atoms in total. The first-order valence-corrected chi connectivity index (χ1v) is 5.00. The quantitative estimate of drug-likeness (QED) is 0.495. The first-order chi connectivity index (χ1) is 4.79. The molecule has 56 valence electrons. The molecule has 0 saturated carbocycles. The van der Waals surface area contributed by atoms with Gasteiger partial charge in [-0.25, -0.2) is 0 Å². The van der Waals surface area contributed by atoms with Gasteiger partial charge < -0.3 is 0 Å². The van der Waals surface area contributed by atoms with E-state index in [2.05, 4.69) is 6.08 Å². The molecule has 1 unspecified atom stereocenters. The average molecular weight is 159 g/mol. The van der Waals surface area contributed by atoms with Crippen LogP contribution in [0.4, 0.5) is 0 Å². The lowest BCUT2D eigenvalue weighted by Gasteiger charge is -2.06. The average Bonchev–Trinajstić information content (AvgIpc) is 1.88. The van der Waals surface area contributed by atoms with Gasteiger partial charge in [0.1, 0.15) is 0 Å². The van der Waals surface area contributed by atoms with E-state index in [9.17, 15) is 4.57 Å². The fourth-order valence-electron chi connectivity index (χ4n) is 1.22. The van der Waals surface area contributed by atoms with E-state index in [0.29, 0.717) is 6.16 Å². The topological polar surface area (TPSA) is 37.3 Å². The summed E-state index contributed by atoms with van der Waals surface area (Å²) in [6.07, 6.45) is 7.06. The Morgan fingerprint density at radius 2 is 2.40 bits per heavy atom. The highest BCUT2D eigenvalue weighted by Gasteiger charge is 2.15. The van der Waals surface area contributed by atoms with Crippen molar-refractivity contribution in [3.63, 3.8) is 0 Å². The highest BCUT2D eigenvalue weighted by Crippen LogP contribution is 2.25. The van der Waals surface area contributed by atoms with Gasteiger partial charge in [-0.2, -0.15) is 4.89 Å². The van der Waals surface area contributed by atoms with Crippen molar-refractivity contribution in [3.05, 3.63) is 11.6 Å². The zero-order valence-corrected chi connectivity index (χ0v) is 6.81. The summed E-state index contributed by atoms with van der Waals surface area (Å²) < 4.78 is 10.4. The van der Waals surface area contributed by atoms with Crippen molar-refractivity contribution in [1.82, 2.24) is 0 Å². The van der Waals surface area contributed by atoms with Crippen LogP contribution in [0.15, 0.2) is 11.6 Å². The molecule has 1 aliphatic carbocycles. The third-order valence-electron chi connectivity index (χ3n) is 1.72. The monoisotopic (exact) mass is 159 g/mol. The van der Waals surface area contributed by atoms with Crippen LogP contribution < -0.4 is 0 Å². The predicted octanol–water partition coefficient (Wildman–Crippen LogP) is 2.22. The van der Waals surface area contributed by atoms with Gasteiger partial charge in [0.25, 0.3) is 0 Å². The molecule has 0 aromatic carbocycles. The maximum absolute atomic E-state index is 10.4. The van der Waals surface area contributed by atoms with Gasteiger partial charge in [0, 0.05) is 0 Å². The van der Waals surface area contributed by atoms with Crippen LogP contribution in [0.5, 0.6) is 0 Å². The summed E-state index contributed by atoms with van der Waals surface area (Å²) in [4.78, 5) is 8.57. The molecule has 0 saturated heterocycles. The van der Waals surface area contributed by atoms with Crippen molar-refractivity contribution in [2.24, 2.45) is 0 Å². The van der Waals surface area contributed by atoms with Crippen molar-refractivity contribution in [1.29, 1.82) is 0 Å². The van der Waals surface area contributed by atoms with Crippen molar-refractivity contribution < 1.29 is 9.46 Å². The Labute approximate surface area is 61.8 Å². The van der Waals surface area contributed by atoms with Crippen LogP contribution in [0.1, 0.15) is 25.7 Å². The second kappa shape index (κ2) is 3.85. The van der Waals surface area contributed by atoms with E-state index in [4.69, 9.17) is 4.89 Å². The highest BCUT2D eigenvalue weighted by molar-refractivity contribution is 7.38. The van der Waals surface area contributed by atoms with Gasteiger partial charge in [-0.1, -0.05) is 6.08 Å². The lowest BCUT2D eigenvalue weighted by molar-refractivity contribution is 0.504. The molecule has 0 amide bonds. The molecule has 0 heterocycles. The molecule has 0 aromatic rings. The molecule has 1 rings (SSSR count). The summed E-state index contributed by atoms with van der Waals surface area (Å²) in [6, 6.07) is 0. The molecular formula is C7H12O2P+. The van der Waals surface area contributed by atoms with Crippen LogP contribution in [0.3, 0.4) is 0 Å². The van der Waals surface area contributed by atoms with E-state index in [1.807, 2.05) is 0 Å². The number of hydrogen-bond donors (Lipinski definition) is 1. The van der Waals surface area contributed by atoms with Crippen LogP contribution in [-0.2, 0) is 4.57 Å². The summed E-state index contributed by atoms with van der Waals surface area (Å²) in [5, 5.41) is 0. The van der Waals surface area contributed by atoms with Gasteiger partial charge in [0.05, 0.1) is 0 Å². The van der Waals surface area contributed by atoms with Gasteiger partial charge in [-0.05, 0) is 35.8 Å². The third-order valence-corrected chi connectivity index (χ3v) is 2.40. The molecule has 10 heavy (non-hydrogen) atoms. The molecular weight excluding hydrogens is 147 g/mol. The van der Waals surface area contributed by atoms with E-state index >= 15 is 0 Å². The van der Waals surface area contributed by atoms with Crippen molar-refractivity contribution >= 4 is 8.03 Å². The molecule has 0 bridgehead atoms. The Morgan fingerprint density at radius 1 is 1.60 bits per heavy atom. The molecule has 3 heteroatoms. The van der Waals surface area contributed by atoms with Crippen LogP contribution in [0, 0.1) is 0 Å². The SMILES string of the molecule is O=[P+](O)CC1=CCCCC1. The Bertz CT molecular complexity index is 163. The Kier molecular flexibility index (Phi) is 3.04. The molecule has 1 N–H and O–H groups in total. The molecule has 0 radical (unpaired) electrons. The van der Waals surface area contributed by atoms with Crippen LogP contribution >= 0.6 is 8.03 Å². The van der Waals surface area contributed by atoms with Crippen LogP contribution in [0.25, 0.3) is 0 Å². The van der Waals surface area contributed by atoms with E-state index in [-0.39, 0.29) is 0 Å². The summed E-state index contributed by atoms with van der Waals surface area (Å²) in [5.74, 6) is 0. The van der Waals surface area contributed by atoms with Gasteiger partial charge in [0.15, 0.2) is 6.16 Å². The van der Waals surface area contributed by atoms with Crippen molar-refractivity contribution in [3.8, 4) is 0 Å². The fourth-order valence-corrected chi connectivity index (χ4v) is 1.86. The molecule has 0 aliphatic heterocycles. The fraction of sp³-hybridized carbons (Fsp3) is 0.714. The van der Waals surface area contributed by atoms with Gasteiger partial charge >= 0.3 is 8.03 Å². The summed E-state index contributed by atoms with van der Waals surface area (Å²) in [7, 11) is -1.94. The molecule has 0 aromatic heterocycles. The normalized spacial score (nSPS) is 20.1. The minimum atomic E-state index is -1.94. The highest BCUT2D eigenvalue weighted by atomic mass is 31.1. The van der Waals surface area contributed by atoms with Crippen LogP contribution in [-0.4, -0.2) is 11.1 Å². The Balaban J connectivity index is 2.38. The molecule has 0 spiro atoms. The third kappa shape index (κ3) is 2.59. The number of rotatable bonds is 2. The van der Waals surface area contributed by atoms with Crippen LogP contribution in [0.2, 0.25) is 0 Å². The smallest absolute Gasteiger partial charge is 0.160 e. The summed E-state index contributed by atoms with van der Waals surface area (Å²) in [6.45, 7) is 0. The largest absolute Gasteiger partial charge is 0.509 e. The Hall–Kier alpha value is -0.200. The Morgan fingerprint density at radius 3 is 2.90 bits per heavy atom. The lowest BCUT2D eigenvalue weighted by Crippen LogP contribution is -1.93. The van der Waals surface area contributed by atoms with E-state index < -0.39 is 8.03 Å². The minimum Gasteiger partial charge on any atom is -0.160 e. The molecule has 1 atom stereocenters. The van der Waals surface area contributed by atoms with Gasteiger partial charge in [-0.15, -0.1) is 0 Å². The lowest BCUT2D eigenvalue weighted by atomic mass is 10.0. The summed E-state index contributed by atoms with van der Waals surface area (Å²) in [5.41, 5.74) is 1.18. The second-order valence-corrected chi connectivity index (χ2v) is 3.64. The molecule has 1 aliphatic rings. The van der Waals surface area contributed by atoms with E-state index in [0.717, 1.165) is 12.8 Å². The number of allylic oxidation sites excluding steroid dienone is 2. The second-order valence-electron chi connectivity index (χ2n) is 2.62. The van der Waals surface area contributed by atoms with Gasteiger partial charge in [-0.3, -0.25) is 0 Å². The first-order valence-electron chi connectivity index (χ1n) is 3.60. The number of hydrogen-bond acceptors (Lipinski definition) is 1. The first kappa shape index (κ1) is 7.90. The van der Waals surface area contributed by atoms with Crippen molar-refractivity contribution in [2.45, 2.75) is 25.7 Å². The van der Waals surface area contributed by atoms with E-state index in [1.165, 1.54) is 18.4 Å². The predicted molar refractivity (Wildman–Crippen MR) is 41.2 cm³/mol. The summed E-state index contributed by atoms with van der Waals surface area (Å²) >= 11 is 0. The van der Waals surface area contributed by atoms with E-state index in [1.54, 1.807) is 0 Å². The van der Waals surface area contributed by atoms with Crippen molar-refractivity contribution in [2.75, 3.05) is 6.16 Å². The molecule has 0 fully saturated rings. The zero-order valence-electron chi connectivity index (χ0n) is 5.92. The standard InChI is InChI=1S/C7H11O2P/c8-10(9)6-7-4-2-1-3-5-7/h4H,1-3,5-6H2/p+1. The van der Waals surface area contributed by atoms with Gasteiger partial charge in [0.2, 0.25) is 0 Å².